The SMILES string of the molecule is CNC(=O)c1ccc(CS[C@@H](CN)N(C)C)c(C)c1F. The zero-order valence-corrected chi connectivity index (χ0v) is 13.2. The summed E-state index contributed by atoms with van der Waals surface area (Å²) in [6.45, 7) is 2.24. The van der Waals surface area contributed by atoms with Crippen LogP contribution in [0.1, 0.15) is 21.5 Å². The number of benzene rings is 1. The van der Waals surface area contributed by atoms with Gasteiger partial charge in [0, 0.05) is 19.3 Å². The van der Waals surface area contributed by atoms with Gasteiger partial charge in [0.15, 0.2) is 0 Å². The fourth-order valence-corrected chi connectivity index (χ4v) is 2.92. The second-order valence-electron chi connectivity index (χ2n) is 4.76. The molecule has 1 rings (SSSR count). The predicted octanol–water partition coefficient (Wildman–Crippen LogP) is 1.57. The summed E-state index contributed by atoms with van der Waals surface area (Å²) in [6, 6.07) is 3.34. The molecule has 6 heteroatoms. The number of hydrogen-bond acceptors (Lipinski definition) is 4. The molecule has 4 nitrogen and oxygen atoms in total. The highest BCUT2D eigenvalue weighted by Crippen LogP contribution is 2.24. The summed E-state index contributed by atoms with van der Waals surface area (Å²) in [7, 11) is 5.42. The van der Waals surface area contributed by atoms with Crippen LogP contribution in [0.3, 0.4) is 0 Å². The van der Waals surface area contributed by atoms with E-state index in [2.05, 4.69) is 5.32 Å². The topological polar surface area (TPSA) is 58.4 Å². The predicted molar refractivity (Wildman–Crippen MR) is 82.4 cm³/mol. The van der Waals surface area contributed by atoms with Gasteiger partial charge in [-0.3, -0.25) is 9.69 Å². The van der Waals surface area contributed by atoms with Crippen LogP contribution in [-0.2, 0) is 5.75 Å². The fraction of sp³-hybridized carbons (Fsp3) is 0.500. The fourth-order valence-electron chi connectivity index (χ4n) is 1.81. The van der Waals surface area contributed by atoms with E-state index in [4.69, 9.17) is 5.73 Å². The Morgan fingerprint density at radius 3 is 2.65 bits per heavy atom. The van der Waals surface area contributed by atoms with E-state index in [-0.39, 0.29) is 10.9 Å². The molecule has 0 spiro atoms. The number of rotatable bonds is 6. The number of carbonyl (C=O) groups excluding carboxylic acids is 1. The smallest absolute Gasteiger partial charge is 0.254 e. The number of amides is 1. The second kappa shape index (κ2) is 7.61. The Hall–Kier alpha value is -1.11. The van der Waals surface area contributed by atoms with E-state index in [1.807, 2.05) is 19.0 Å². The summed E-state index contributed by atoms with van der Waals surface area (Å²) in [5, 5.41) is 2.63. The van der Waals surface area contributed by atoms with Crippen molar-refractivity contribution in [3.63, 3.8) is 0 Å². The van der Waals surface area contributed by atoms with Gasteiger partial charge in [-0.2, -0.15) is 0 Å². The number of thioether (sulfide) groups is 1. The summed E-state index contributed by atoms with van der Waals surface area (Å²) in [5.74, 6) is -0.189. The third-order valence-corrected chi connectivity index (χ3v) is 4.66. The Kier molecular flexibility index (Phi) is 6.45. The molecule has 0 aliphatic heterocycles. The van der Waals surface area contributed by atoms with Crippen molar-refractivity contribution in [2.24, 2.45) is 5.73 Å². The van der Waals surface area contributed by atoms with Gasteiger partial charge in [-0.15, -0.1) is 11.8 Å². The molecule has 20 heavy (non-hydrogen) atoms. The lowest BCUT2D eigenvalue weighted by Crippen LogP contribution is -2.32. The van der Waals surface area contributed by atoms with E-state index in [9.17, 15) is 9.18 Å². The minimum atomic E-state index is -0.448. The van der Waals surface area contributed by atoms with Crippen LogP contribution in [0.25, 0.3) is 0 Å². The molecule has 112 valence electrons. The number of halogens is 1. The molecule has 1 aromatic rings. The molecule has 0 fully saturated rings. The highest BCUT2D eigenvalue weighted by atomic mass is 32.2. The van der Waals surface area contributed by atoms with Gasteiger partial charge < -0.3 is 11.1 Å². The van der Waals surface area contributed by atoms with Crippen molar-refractivity contribution in [3.05, 3.63) is 34.6 Å². The van der Waals surface area contributed by atoms with Gasteiger partial charge in [-0.05, 0) is 38.2 Å². The van der Waals surface area contributed by atoms with Gasteiger partial charge in [0.05, 0.1) is 10.9 Å². The molecule has 0 aliphatic carbocycles. The monoisotopic (exact) mass is 299 g/mol. The van der Waals surface area contributed by atoms with Crippen LogP contribution in [-0.4, -0.2) is 43.9 Å². The normalized spacial score (nSPS) is 12.6. The minimum absolute atomic E-state index is 0.0849. The van der Waals surface area contributed by atoms with Crippen LogP contribution in [0.4, 0.5) is 4.39 Å². The molecule has 0 unspecified atom stereocenters. The lowest BCUT2D eigenvalue weighted by Gasteiger charge is -2.22. The van der Waals surface area contributed by atoms with Crippen LogP contribution in [0.15, 0.2) is 12.1 Å². The van der Waals surface area contributed by atoms with E-state index in [1.165, 1.54) is 13.1 Å². The van der Waals surface area contributed by atoms with E-state index in [0.717, 1.165) is 5.56 Å². The molecule has 0 aromatic heterocycles. The van der Waals surface area contributed by atoms with E-state index >= 15 is 0 Å². The number of nitrogens with two attached hydrogens (primary N) is 1. The Bertz CT molecular complexity index is 480. The molecule has 1 atom stereocenters. The lowest BCUT2D eigenvalue weighted by atomic mass is 10.0. The van der Waals surface area contributed by atoms with Gasteiger partial charge in [0.25, 0.3) is 5.91 Å². The van der Waals surface area contributed by atoms with Gasteiger partial charge >= 0.3 is 0 Å². The number of likely N-dealkylation sites (N-methyl/N-ethyl adjacent to an activating group) is 1. The average Bonchev–Trinajstić information content (AvgIpc) is 2.42. The molecule has 3 N–H and O–H groups in total. The van der Waals surface area contributed by atoms with E-state index in [1.54, 1.807) is 24.8 Å². The third kappa shape index (κ3) is 3.94. The first-order chi connectivity index (χ1) is 9.42. The largest absolute Gasteiger partial charge is 0.355 e. The molecular formula is C14H22FN3OS. The van der Waals surface area contributed by atoms with E-state index in [0.29, 0.717) is 17.9 Å². The Morgan fingerprint density at radius 1 is 1.50 bits per heavy atom. The molecule has 1 amide bonds. The lowest BCUT2D eigenvalue weighted by molar-refractivity contribution is 0.0959. The molecule has 0 saturated carbocycles. The van der Waals surface area contributed by atoms with E-state index < -0.39 is 11.7 Å². The van der Waals surface area contributed by atoms with Crippen molar-refractivity contribution in [2.45, 2.75) is 18.1 Å². The average molecular weight is 299 g/mol. The highest BCUT2D eigenvalue weighted by molar-refractivity contribution is 7.99. The first-order valence-corrected chi connectivity index (χ1v) is 7.45. The molecular weight excluding hydrogens is 277 g/mol. The van der Waals surface area contributed by atoms with Crippen LogP contribution in [0.5, 0.6) is 0 Å². The molecule has 0 aliphatic rings. The molecule has 0 radical (unpaired) electrons. The maximum Gasteiger partial charge on any atom is 0.254 e. The maximum atomic E-state index is 14.2. The third-order valence-electron chi connectivity index (χ3n) is 3.18. The van der Waals surface area contributed by atoms with Gasteiger partial charge in [-0.1, -0.05) is 6.07 Å². The zero-order chi connectivity index (χ0) is 15.3. The number of hydrogen-bond donors (Lipinski definition) is 2. The Balaban J connectivity index is 2.88. The van der Waals surface area contributed by atoms with Crippen molar-refractivity contribution < 1.29 is 9.18 Å². The van der Waals surface area contributed by atoms with Crippen molar-refractivity contribution in [1.82, 2.24) is 10.2 Å². The van der Waals surface area contributed by atoms with Gasteiger partial charge in [0.1, 0.15) is 5.82 Å². The highest BCUT2D eigenvalue weighted by Gasteiger charge is 2.16. The molecule has 1 aromatic carbocycles. The standard InChI is InChI=1S/C14H22FN3OS/c1-9-10(8-20-12(7-16)18(3)4)5-6-11(13(9)15)14(19)17-2/h5-6,12H,7-8,16H2,1-4H3,(H,17,19)/t12-/m0/s1. The molecule has 0 heterocycles. The van der Waals surface area contributed by atoms with Gasteiger partial charge in [-0.25, -0.2) is 4.39 Å². The maximum absolute atomic E-state index is 14.2. The minimum Gasteiger partial charge on any atom is -0.355 e. The summed E-state index contributed by atoms with van der Waals surface area (Å²) in [5.41, 5.74) is 7.19. The molecule has 0 bridgehead atoms. The summed E-state index contributed by atoms with van der Waals surface area (Å²) in [4.78, 5) is 13.6. The van der Waals surface area contributed by atoms with Crippen LogP contribution >= 0.6 is 11.8 Å². The van der Waals surface area contributed by atoms with Crippen molar-refractivity contribution in [1.29, 1.82) is 0 Å². The molecule has 0 saturated heterocycles. The first kappa shape index (κ1) is 16.9. The number of nitrogens with one attached hydrogen (secondary N) is 1. The summed E-state index contributed by atoms with van der Waals surface area (Å²) >= 11 is 1.66. The Morgan fingerprint density at radius 2 is 2.15 bits per heavy atom. The van der Waals surface area contributed by atoms with Crippen LogP contribution < -0.4 is 11.1 Å². The van der Waals surface area contributed by atoms with Crippen molar-refractivity contribution in [3.8, 4) is 0 Å². The number of nitrogens with zero attached hydrogens (tertiary/aromatic N) is 1. The second-order valence-corrected chi connectivity index (χ2v) is 5.92. The first-order valence-electron chi connectivity index (χ1n) is 6.40. The van der Waals surface area contributed by atoms with Gasteiger partial charge in [0.2, 0.25) is 0 Å². The summed E-state index contributed by atoms with van der Waals surface area (Å²) in [6.07, 6.45) is 0. The Labute approximate surface area is 123 Å². The van der Waals surface area contributed by atoms with Crippen molar-refractivity contribution >= 4 is 17.7 Å². The van der Waals surface area contributed by atoms with Crippen molar-refractivity contribution in [2.75, 3.05) is 27.7 Å². The van der Waals surface area contributed by atoms with Crippen LogP contribution in [0, 0.1) is 12.7 Å². The quantitative estimate of drug-likeness (QED) is 0.783. The summed E-state index contributed by atoms with van der Waals surface area (Å²) < 4.78 is 14.2. The number of carbonyl (C=O) groups is 1. The zero-order valence-electron chi connectivity index (χ0n) is 12.4. The van der Waals surface area contributed by atoms with Crippen LogP contribution in [0.2, 0.25) is 0 Å².